The van der Waals surface area contributed by atoms with E-state index in [0.29, 0.717) is 0 Å². The number of carbonyl (C=O) groups is 2. The molecule has 0 aromatic heterocycles. The molecule has 0 aromatic carbocycles. The van der Waals surface area contributed by atoms with Crippen molar-refractivity contribution >= 4 is 17.8 Å². The van der Waals surface area contributed by atoms with Crippen molar-refractivity contribution in [2.24, 2.45) is 4.99 Å². The minimum atomic E-state index is -1.76. The minimum absolute atomic E-state index is 0.803. The van der Waals surface area contributed by atoms with E-state index in [4.69, 9.17) is 20.9 Å². The molecule has 0 saturated heterocycles. The van der Waals surface area contributed by atoms with Gasteiger partial charge in [-0.25, -0.2) is 20.2 Å². The van der Waals surface area contributed by atoms with Gasteiger partial charge in [-0.05, 0) is 20.3 Å². The Bertz CT molecular complexity index is 545. The Balaban J connectivity index is 3.12. The van der Waals surface area contributed by atoms with Crippen LogP contribution in [0.5, 0.6) is 0 Å². The fourth-order valence-electron chi connectivity index (χ4n) is 1.92. The third-order valence-electron chi connectivity index (χ3n) is 2.81. The summed E-state index contributed by atoms with van der Waals surface area (Å²) >= 11 is 0. The number of aliphatic imine (C=N–C) groups is 1. The Morgan fingerprint density at radius 2 is 2.00 bits per heavy atom. The van der Waals surface area contributed by atoms with Crippen LogP contribution in [-0.2, 0) is 24.2 Å². The molecule has 9 heteroatoms. The van der Waals surface area contributed by atoms with Crippen LogP contribution in [-0.4, -0.2) is 42.1 Å². The molecular weight excluding hydrogens is 340 g/mol. The Labute approximate surface area is 153 Å². The molecule has 128 valence electrons. The maximum Gasteiger partial charge on any atom is 0.420 e. The Morgan fingerprint density at radius 3 is 2.50 bits per heavy atom. The van der Waals surface area contributed by atoms with Crippen molar-refractivity contribution in [1.29, 1.82) is 0 Å². The first-order valence-electron chi connectivity index (χ1n) is 6.79. The molecular formula is C17H10N4O5. The topological polar surface area (TPSA) is 144 Å². The van der Waals surface area contributed by atoms with Gasteiger partial charge in [0, 0.05) is 32.3 Å². The Morgan fingerprint density at radius 1 is 1.31 bits per heavy atom. The van der Waals surface area contributed by atoms with E-state index < -0.39 is 47.9 Å². The summed E-state index contributed by atoms with van der Waals surface area (Å²) in [5.41, 5.74) is 17.9. The van der Waals surface area contributed by atoms with Gasteiger partial charge in [0.1, 0.15) is 24.8 Å². The number of nitrogens with zero attached hydrogens (tertiary/aromatic N) is 4. The summed E-state index contributed by atoms with van der Waals surface area (Å²) in [6.45, 7) is 11.9. The molecule has 1 aliphatic heterocycles. The Kier molecular flexibility index (Phi) is 8.91. The SMILES string of the molecule is [CH2][C][C][C][C]O[C@H]([C][CH2])[C@@H]1OC(C([O])=O)=[C][C@H](N=C([N])[N])[C@H]1[N]C([CH2])=O. The maximum atomic E-state index is 11.3. The van der Waals surface area contributed by atoms with Gasteiger partial charge in [-0.3, -0.25) is 4.79 Å². The zero-order valence-electron chi connectivity index (χ0n) is 13.3. The molecule has 0 unspecified atom stereocenters. The molecule has 1 heterocycles. The molecule has 0 fully saturated rings. The van der Waals surface area contributed by atoms with Gasteiger partial charge in [0.05, 0.1) is 0 Å². The molecule has 1 amide bonds. The first kappa shape index (κ1) is 21.8. The van der Waals surface area contributed by atoms with Crippen molar-refractivity contribution in [1.82, 2.24) is 16.8 Å². The predicted molar refractivity (Wildman–Crippen MR) is 80.9 cm³/mol. The van der Waals surface area contributed by atoms with Crippen LogP contribution in [0.1, 0.15) is 0 Å². The molecule has 0 bridgehead atoms. The van der Waals surface area contributed by atoms with Crippen molar-refractivity contribution in [2.45, 2.75) is 24.3 Å². The second kappa shape index (κ2) is 10.6. The van der Waals surface area contributed by atoms with Crippen molar-refractivity contribution < 1.29 is 24.2 Å². The first-order chi connectivity index (χ1) is 12.3. The molecule has 0 aromatic rings. The second-order valence-corrected chi connectivity index (χ2v) is 4.50. The van der Waals surface area contributed by atoms with Crippen LogP contribution < -0.4 is 16.8 Å². The number of guanidine groups is 1. The number of amides is 1. The smallest absolute Gasteiger partial charge is 0.420 e. The molecule has 26 heavy (non-hydrogen) atoms. The molecule has 0 N–H and O–H groups in total. The van der Waals surface area contributed by atoms with Crippen LogP contribution in [0.3, 0.4) is 0 Å². The van der Waals surface area contributed by atoms with Crippen molar-refractivity contribution in [3.63, 3.8) is 0 Å². The van der Waals surface area contributed by atoms with E-state index in [1.165, 1.54) is 0 Å². The van der Waals surface area contributed by atoms with E-state index >= 15 is 0 Å². The highest BCUT2D eigenvalue weighted by molar-refractivity contribution is 5.84. The van der Waals surface area contributed by atoms with Crippen LogP contribution in [0, 0.1) is 59.1 Å². The number of ether oxygens (including phenoxy) is 2. The average molecular weight is 350 g/mol. The molecule has 0 spiro atoms. The van der Waals surface area contributed by atoms with Gasteiger partial charge in [0.15, 0.2) is 6.10 Å². The fourth-order valence-corrected chi connectivity index (χ4v) is 1.92. The van der Waals surface area contributed by atoms with E-state index in [2.05, 4.69) is 69.4 Å². The van der Waals surface area contributed by atoms with E-state index in [1.54, 1.807) is 0 Å². The van der Waals surface area contributed by atoms with Crippen molar-refractivity contribution in [3.05, 3.63) is 64.9 Å². The first-order valence-corrected chi connectivity index (χ1v) is 6.79. The summed E-state index contributed by atoms with van der Waals surface area (Å²) in [6, 6.07) is -2.72. The van der Waals surface area contributed by atoms with Gasteiger partial charge in [-0.1, -0.05) is 0 Å². The number of carbonyl (C=O) groups excluding carboxylic acids is 2. The molecule has 9 nitrogen and oxygen atoms in total. The number of unbranched alkanes of at least 4 members (excludes halogenated alkanes) is 2. The van der Waals surface area contributed by atoms with Crippen molar-refractivity contribution in [2.75, 3.05) is 0 Å². The third-order valence-corrected chi connectivity index (χ3v) is 2.81. The summed E-state index contributed by atoms with van der Waals surface area (Å²) in [5.74, 6) is -4.86. The van der Waals surface area contributed by atoms with Crippen LogP contribution in [0.25, 0.3) is 0 Å². The highest BCUT2D eigenvalue weighted by Gasteiger charge is 2.44. The largest absolute Gasteiger partial charge is 0.478 e. The van der Waals surface area contributed by atoms with Crippen molar-refractivity contribution in [3.8, 4) is 0 Å². The summed E-state index contributed by atoms with van der Waals surface area (Å²) in [4.78, 5) is 25.8. The Hall–Kier alpha value is -2.29. The summed E-state index contributed by atoms with van der Waals surface area (Å²) < 4.78 is 10.3. The lowest BCUT2D eigenvalue weighted by Gasteiger charge is -2.36. The monoisotopic (exact) mass is 350 g/mol. The zero-order chi connectivity index (χ0) is 19.7. The summed E-state index contributed by atoms with van der Waals surface area (Å²) in [6.07, 6.45) is 8.88. The zero-order valence-corrected chi connectivity index (χ0v) is 13.3. The number of hydrogen-bond acceptors (Lipinski definition) is 5. The van der Waals surface area contributed by atoms with Gasteiger partial charge in [0.2, 0.25) is 11.7 Å². The molecule has 0 saturated carbocycles. The van der Waals surface area contributed by atoms with E-state index in [1.807, 2.05) is 0 Å². The van der Waals surface area contributed by atoms with Gasteiger partial charge >= 0.3 is 5.97 Å². The quantitative estimate of drug-likeness (QED) is 0.272. The molecule has 4 atom stereocenters. The van der Waals surface area contributed by atoms with Gasteiger partial charge < -0.3 is 9.47 Å². The van der Waals surface area contributed by atoms with Crippen LogP contribution in [0.2, 0.25) is 0 Å². The molecule has 20 radical (unpaired) electrons. The summed E-state index contributed by atoms with van der Waals surface area (Å²) in [5, 5.41) is 14.8. The standard InChI is InChI=1S/C17H10N4O5/c1-4-6-7-8-25-12(5-2)15-14(20-10(3)22)11(21-17(18)19)9-13(26-15)16(23)24/h11-12,14-15H,1-3H2/t11-,12+,14+,15-/m0/s1. The number of hydrogen-bond donors (Lipinski definition) is 0. The van der Waals surface area contributed by atoms with Crippen LogP contribution in [0.15, 0.2) is 10.8 Å². The summed E-state index contributed by atoms with van der Waals surface area (Å²) in [7, 11) is 0. The highest BCUT2D eigenvalue weighted by atomic mass is 16.6. The van der Waals surface area contributed by atoms with E-state index in [9.17, 15) is 14.7 Å². The normalized spacial score (nSPS) is 23.3. The molecule has 1 aliphatic rings. The fraction of sp³-hybridized carbons (Fsp3) is 0.235. The third kappa shape index (κ3) is 6.55. The lowest BCUT2D eigenvalue weighted by molar-refractivity contribution is -0.147. The average Bonchev–Trinajstić information content (AvgIpc) is 2.55. The van der Waals surface area contributed by atoms with E-state index in [-0.39, 0.29) is 0 Å². The van der Waals surface area contributed by atoms with Crippen LogP contribution >= 0.6 is 0 Å². The second-order valence-electron chi connectivity index (χ2n) is 4.50. The maximum absolute atomic E-state index is 11.3. The van der Waals surface area contributed by atoms with E-state index in [0.717, 1.165) is 0 Å². The number of rotatable bonds is 10. The van der Waals surface area contributed by atoms with Gasteiger partial charge in [-0.15, -0.1) is 11.5 Å². The minimum Gasteiger partial charge on any atom is -0.478 e. The predicted octanol–water partition coefficient (Wildman–Crippen LogP) is -1.36. The van der Waals surface area contributed by atoms with Crippen LogP contribution in [0.4, 0.5) is 0 Å². The van der Waals surface area contributed by atoms with Gasteiger partial charge in [0.25, 0.3) is 5.96 Å². The molecule has 1 rings (SSSR count). The lowest BCUT2D eigenvalue weighted by Crippen LogP contribution is -2.55. The lowest BCUT2D eigenvalue weighted by atomic mass is 9.93. The molecule has 0 aliphatic carbocycles. The highest BCUT2D eigenvalue weighted by Crippen LogP contribution is 2.26. The van der Waals surface area contributed by atoms with Gasteiger partial charge in [-0.2, -0.15) is 0 Å².